The zero-order valence-electron chi connectivity index (χ0n) is 11.9. The van der Waals surface area contributed by atoms with Gasteiger partial charge in [0.2, 0.25) is 5.95 Å². The molecule has 1 aromatic rings. The van der Waals surface area contributed by atoms with Crippen LogP contribution in [0.2, 0.25) is 0 Å². The molecule has 0 N–H and O–H groups in total. The first-order valence-electron chi connectivity index (χ1n) is 6.69. The Morgan fingerprint density at radius 2 is 1.90 bits per heavy atom. The highest BCUT2D eigenvalue weighted by molar-refractivity contribution is 5.45. The van der Waals surface area contributed by atoms with Gasteiger partial charge in [-0.05, 0) is 25.7 Å². The van der Waals surface area contributed by atoms with Crippen LogP contribution in [0.3, 0.4) is 0 Å². The quantitative estimate of drug-likeness (QED) is 0.834. The van der Waals surface area contributed by atoms with Crippen molar-refractivity contribution < 1.29 is 13.2 Å². The average Bonchev–Trinajstić information content (AvgIpc) is 3.18. The molecule has 0 spiro atoms. The van der Waals surface area contributed by atoms with Gasteiger partial charge < -0.3 is 9.80 Å². The zero-order valence-corrected chi connectivity index (χ0v) is 11.9. The molecule has 0 bridgehead atoms. The number of nitrogens with zero attached hydrogens (tertiary/aromatic N) is 4. The second-order valence-corrected chi connectivity index (χ2v) is 5.29. The summed E-state index contributed by atoms with van der Waals surface area (Å²) in [5, 5.41) is 0. The Morgan fingerprint density at radius 1 is 1.25 bits per heavy atom. The second kappa shape index (κ2) is 5.46. The molecule has 1 fully saturated rings. The number of anilines is 2. The lowest BCUT2D eigenvalue weighted by Gasteiger charge is -2.23. The monoisotopic (exact) mass is 288 g/mol. The summed E-state index contributed by atoms with van der Waals surface area (Å²) in [6.45, 7) is 3.23. The normalized spacial score (nSPS) is 15.3. The molecule has 1 aliphatic rings. The van der Waals surface area contributed by atoms with Crippen LogP contribution in [0.25, 0.3) is 0 Å². The summed E-state index contributed by atoms with van der Waals surface area (Å²) < 4.78 is 38.8. The van der Waals surface area contributed by atoms with E-state index in [1.165, 1.54) is 0 Å². The van der Waals surface area contributed by atoms with E-state index in [4.69, 9.17) is 0 Å². The lowest BCUT2D eigenvalue weighted by molar-refractivity contribution is -0.141. The number of hydrogen-bond acceptors (Lipinski definition) is 4. The molecule has 0 saturated heterocycles. The van der Waals surface area contributed by atoms with Crippen LogP contribution in [-0.4, -0.2) is 37.2 Å². The minimum absolute atomic E-state index is 0.165. The molecular weight excluding hydrogens is 269 g/mol. The summed E-state index contributed by atoms with van der Waals surface area (Å²) in [4.78, 5) is 11.3. The smallest absolute Gasteiger partial charge is 0.363 e. The maximum Gasteiger partial charge on any atom is 0.433 e. The molecule has 1 heterocycles. The molecule has 1 saturated carbocycles. The van der Waals surface area contributed by atoms with Crippen LogP contribution in [0.4, 0.5) is 24.9 Å². The molecule has 0 atom stereocenters. The van der Waals surface area contributed by atoms with E-state index in [1.54, 1.807) is 19.0 Å². The van der Waals surface area contributed by atoms with E-state index in [0.717, 1.165) is 25.5 Å². The first kappa shape index (κ1) is 14.9. The number of halogens is 3. The van der Waals surface area contributed by atoms with E-state index in [9.17, 15) is 13.2 Å². The second-order valence-electron chi connectivity index (χ2n) is 5.29. The van der Waals surface area contributed by atoms with Crippen LogP contribution in [-0.2, 0) is 6.18 Å². The van der Waals surface area contributed by atoms with Crippen molar-refractivity contribution in [2.24, 2.45) is 5.92 Å². The predicted octanol–water partition coefficient (Wildman–Crippen LogP) is 2.80. The summed E-state index contributed by atoms with van der Waals surface area (Å²) in [6.07, 6.45) is -2.19. The van der Waals surface area contributed by atoms with Crippen LogP contribution in [0.1, 0.15) is 25.5 Å². The largest absolute Gasteiger partial charge is 0.433 e. The Balaban J connectivity index is 2.36. The highest BCUT2D eigenvalue weighted by Gasteiger charge is 2.35. The van der Waals surface area contributed by atoms with Crippen molar-refractivity contribution in [1.29, 1.82) is 0 Å². The van der Waals surface area contributed by atoms with Crippen LogP contribution in [0, 0.1) is 5.92 Å². The Bertz CT molecular complexity index is 469. The van der Waals surface area contributed by atoms with Crippen LogP contribution >= 0.6 is 0 Å². The van der Waals surface area contributed by atoms with Crippen molar-refractivity contribution in [3.05, 3.63) is 11.8 Å². The van der Waals surface area contributed by atoms with E-state index < -0.39 is 11.9 Å². The van der Waals surface area contributed by atoms with Crippen LogP contribution < -0.4 is 9.80 Å². The van der Waals surface area contributed by atoms with Gasteiger partial charge >= 0.3 is 6.18 Å². The van der Waals surface area contributed by atoms with Gasteiger partial charge in [-0.3, -0.25) is 0 Å². The Labute approximate surface area is 116 Å². The van der Waals surface area contributed by atoms with Gasteiger partial charge in [0.25, 0.3) is 0 Å². The minimum Gasteiger partial charge on any atom is -0.363 e. The number of hydrogen-bond donors (Lipinski definition) is 0. The van der Waals surface area contributed by atoms with Crippen molar-refractivity contribution in [1.82, 2.24) is 9.97 Å². The van der Waals surface area contributed by atoms with Crippen LogP contribution in [0.15, 0.2) is 6.07 Å². The van der Waals surface area contributed by atoms with E-state index in [-0.39, 0.29) is 11.8 Å². The van der Waals surface area contributed by atoms with Crippen molar-refractivity contribution in [2.75, 3.05) is 37.0 Å². The lowest BCUT2D eigenvalue weighted by atomic mass is 10.3. The molecule has 1 aliphatic carbocycles. The molecule has 1 aromatic heterocycles. The summed E-state index contributed by atoms with van der Waals surface area (Å²) in [5.74, 6) is 1.00. The predicted molar refractivity (Wildman–Crippen MR) is 72.0 cm³/mol. The summed E-state index contributed by atoms with van der Waals surface area (Å²) in [7, 11) is 3.34. The van der Waals surface area contributed by atoms with E-state index in [0.29, 0.717) is 12.5 Å². The standard InChI is InChI=1S/C13H19F3N4/c1-4-20(8-9-5-6-9)12-17-10(13(14,15)16)7-11(18-12)19(2)3/h7,9H,4-6,8H2,1-3H3. The Hall–Kier alpha value is -1.53. The molecule has 0 aliphatic heterocycles. The van der Waals surface area contributed by atoms with Gasteiger partial charge in [0.1, 0.15) is 5.82 Å². The first-order valence-corrected chi connectivity index (χ1v) is 6.69. The van der Waals surface area contributed by atoms with Gasteiger partial charge in [-0.2, -0.15) is 18.2 Å². The van der Waals surface area contributed by atoms with Gasteiger partial charge in [-0.15, -0.1) is 0 Å². The first-order chi connectivity index (χ1) is 9.31. The highest BCUT2D eigenvalue weighted by Crippen LogP contribution is 2.33. The van der Waals surface area contributed by atoms with Crippen molar-refractivity contribution in [3.63, 3.8) is 0 Å². The third-order valence-electron chi connectivity index (χ3n) is 3.29. The SMILES string of the molecule is CCN(CC1CC1)c1nc(N(C)C)cc(C(F)(F)F)n1. The maximum atomic E-state index is 12.9. The molecule has 4 nitrogen and oxygen atoms in total. The molecule has 0 radical (unpaired) electrons. The van der Waals surface area contributed by atoms with Gasteiger partial charge in [-0.25, -0.2) is 4.98 Å². The average molecular weight is 288 g/mol. The third-order valence-corrected chi connectivity index (χ3v) is 3.29. The maximum absolute atomic E-state index is 12.9. The van der Waals surface area contributed by atoms with Gasteiger partial charge in [0, 0.05) is 33.3 Å². The molecule has 2 rings (SSSR count). The number of alkyl halides is 3. The van der Waals surface area contributed by atoms with Crippen molar-refractivity contribution in [2.45, 2.75) is 25.9 Å². The molecular formula is C13H19F3N4. The zero-order chi connectivity index (χ0) is 14.9. The van der Waals surface area contributed by atoms with Gasteiger partial charge in [0.05, 0.1) is 0 Å². The molecule has 0 unspecified atom stereocenters. The van der Waals surface area contributed by atoms with E-state index >= 15 is 0 Å². The van der Waals surface area contributed by atoms with Crippen molar-refractivity contribution in [3.8, 4) is 0 Å². The van der Waals surface area contributed by atoms with Crippen molar-refractivity contribution >= 4 is 11.8 Å². The third kappa shape index (κ3) is 3.52. The fourth-order valence-corrected chi connectivity index (χ4v) is 1.90. The summed E-state index contributed by atoms with van der Waals surface area (Å²) in [5.41, 5.74) is -0.888. The Kier molecular flexibility index (Phi) is 4.06. The molecule has 0 aromatic carbocycles. The molecule has 112 valence electrons. The topological polar surface area (TPSA) is 32.3 Å². The van der Waals surface area contributed by atoms with E-state index in [1.807, 2.05) is 11.8 Å². The number of rotatable bonds is 5. The highest BCUT2D eigenvalue weighted by atomic mass is 19.4. The van der Waals surface area contributed by atoms with E-state index in [2.05, 4.69) is 9.97 Å². The lowest BCUT2D eigenvalue weighted by Crippen LogP contribution is -2.29. The Morgan fingerprint density at radius 3 is 2.35 bits per heavy atom. The summed E-state index contributed by atoms with van der Waals surface area (Å²) >= 11 is 0. The molecule has 7 heteroatoms. The minimum atomic E-state index is -4.46. The van der Waals surface area contributed by atoms with Gasteiger partial charge in [0.15, 0.2) is 5.69 Å². The molecule has 20 heavy (non-hydrogen) atoms. The van der Waals surface area contributed by atoms with Crippen LogP contribution in [0.5, 0.6) is 0 Å². The summed E-state index contributed by atoms with van der Waals surface area (Å²) in [6, 6.07) is 0.981. The fraction of sp³-hybridized carbons (Fsp3) is 0.692. The fourth-order valence-electron chi connectivity index (χ4n) is 1.90. The number of aromatic nitrogens is 2. The van der Waals surface area contributed by atoms with Gasteiger partial charge in [-0.1, -0.05) is 0 Å². The molecule has 0 amide bonds.